The van der Waals surface area contributed by atoms with Gasteiger partial charge in [-0.05, 0) is 278 Å². The first-order chi connectivity index (χ1) is 63.7. The van der Waals surface area contributed by atoms with Gasteiger partial charge in [0.05, 0.1) is 44.4 Å². The fourth-order valence-electron chi connectivity index (χ4n) is 19.0. The van der Waals surface area contributed by atoms with E-state index in [-0.39, 0.29) is 78.5 Å². The zero-order chi connectivity index (χ0) is 101. The number of benzene rings is 13. The van der Waals surface area contributed by atoms with Crippen molar-refractivity contribution in [1.29, 1.82) is 0 Å². The monoisotopic (exact) mass is 1640 g/mol. The normalized spacial score (nSPS) is 15.7. The molecule has 124 heavy (non-hydrogen) atoms. The lowest BCUT2D eigenvalue weighted by Gasteiger charge is -2.46. The minimum absolute atomic E-state index is 0.203. The molecule has 0 saturated heterocycles. The molecule has 0 unspecified atom stereocenters. The molecule has 4 heterocycles. The number of fused-ring (bicyclic) bond motifs is 10. The zero-order valence-corrected chi connectivity index (χ0v) is 78.4. The van der Waals surface area contributed by atoms with Crippen LogP contribution < -0.4 is 26.2 Å². The molecule has 0 spiro atoms. The van der Waals surface area contributed by atoms with E-state index in [2.05, 4.69) is 304 Å². The van der Waals surface area contributed by atoms with Crippen molar-refractivity contribution in [3.8, 4) is 55.9 Å². The van der Waals surface area contributed by atoms with Gasteiger partial charge in [0.25, 0.3) is 6.71 Å². The average molecular weight is 1640 g/mol. The number of rotatable bonds is 13. The van der Waals surface area contributed by atoms with Crippen LogP contribution >= 0.6 is 0 Å². The fraction of sp³-hybridized carbons (Fsp3) is 0.345. The highest BCUT2D eigenvalue weighted by atomic mass is 15.2. The Morgan fingerprint density at radius 2 is 0.605 bits per heavy atom. The average Bonchev–Trinajstić information content (AvgIpc) is 0.785. The molecule has 17 rings (SSSR count). The van der Waals surface area contributed by atoms with Crippen molar-refractivity contribution in [1.82, 2.24) is 9.13 Å². The summed E-state index contributed by atoms with van der Waals surface area (Å²) in [5, 5.41) is 1.37. The van der Waals surface area contributed by atoms with Gasteiger partial charge in [-0.25, -0.2) is 0 Å². The summed E-state index contributed by atoms with van der Waals surface area (Å²) in [6.07, 6.45) is -4.62. The molecule has 0 amide bonds. The third-order valence-electron chi connectivity index (χ3n) is 24.4. The van der Waals surface area contributed by atoms with E-state index in [1.807, 2.05) is 83.6 Å². The first kappa shape index (κ1) is 69.4. The van der Waals surface area contributed by atoms with Crippen LogP contribution in [-0.2, 0) is 53.6 Å². The Morgan fingerprint density at radius 1 is 0.274 bits per heavy atom. The number of nitrogens with zero attached hydrogens (tertiary/aromatic N) is 4. The molecule has 13 aromatic carbocycles. The molecular formula is C119H133BN4. The topological polar surface area (TPSA) is 16.3 Å². The third kappa shape index (κ3) is 16.7. The van der Waals surface area contributed by atoms with Gasteiger partial charge in [-0.15, -0.1) is 0 Å². The lowest BCUT2D eigenvalue weighted by molar-refractivity contribution is 0.411. The number of aromatic nitrogens is 2. The van der Waals surface area contributed by atoms with E-state index in [1.54, 1.807) is 24.3 Å². The zero-order valence-electron chi connectivity index (χ0n) is 92.4. The highest BCUT2D eigenvalue weighted by Gasteiger charge is 2.46. The quantitative estimate of drug-likeness (QED) is 0.107. The van der Waals surface area contributed by atoms with Crippen LogP contribution in [0.5, 0.6) is 0 Å². The van der Waals surface area contributed by atoms with Crippen LogP contribution in [0.15, 0.2) is 255 Å². The molecule has 0 fully saturated rings. The highest BCUT2D eigenvalue weighted by molar-refractivity contribution is 7.00. The maximum atomic E-state index is 11.2. The van der Waals surface area contributed by atoms with Gasteiger partial charge in [-0.3, -0.25) is 0 Å². The van der Waals surface area contributed by atoms with Gasteiger partial charge in [0, 0.05) is 75.0 Å². The standard InChI is InChI=1S/C119H133BN4/c1-111(2,3)70-75-48-54-102-96(56-75)90-44-28-30-46-100(90)121(102)88-50-52-98-106(66-88)123(104-68-92(78-36-32-40-84(60-78)116(16,17)18)82(73-114(10,11)12)64-94(104)80-38-34-42-86(62-80)118(22,23)24)108-58-77(72-113(7,8)9)59-109-110(108)120(98)99-53-51-89(122-101-47-31-29-45-91(101)97-57-76(49-55-103(97)122)71-112(4,5)6)67-107(99)124(109)105-69-93(79-37-33-41-85(61-79)117(19,20)21)83(74-115(13,14)15)65-95(105)81-39-35-43-87(63-81)119(25,26)27/h28-69H,70-74H2,1-27H3/i28D,29D,30D,31D,44D,45D,46D,47D,70D2,71D2,72D2. The van der Waals surface area contributed by atoms with Crippen molar-refractivity contribution < 1.29 is 19.2 Å². The molecule has 2 aliphatic rings. The Bertz CT molecular complexity index is 7120. The summed E-state index contributed by atoms with van der Waals surface area (Å²) in [6.45, 7) is 56.9. The maximum absolute atomic E-state index is 11.2. The van der Waals surface area contributed by atoms with E-state index < -0.39 is 66.2 Å². The predicted molar refractivity (Wildman–Crippen MR) is 541 cm³/mol. The van der Waals surface area contributed by atoms with Crippen molar-refractivity contribution in [2.45, 2.75) is 241 Å². The van der Waals surface area contributed by atoms with Crippen LogP contribution in [0.4, 0.5) is 34.1 Å². The number of hydrogen-bond acceptors (Lipinski definition) is 2. The first-order valence-corrected chi connectivity index (χ1v) is 44.7. The number of para-hydroxylation sites is 2. The smallest absolute Gasteiger partial charge is 0.252 e. The molecule has 632 valence electrons. The first-order valence-electron chi connectivity index (χ1n) is 51.7. The van der Waals surface area contributed by atoms with Crippen molar-refractivity contribution >= 4 is 101 Å². The lowest BCUT2D eigenvalue weighted by atomic mass is 9.33. The van der Waals surface area contributed by atoms with E-state index in [0.29, 0.717) is 85.5 Å². The summed E-state index contributed by atoms with van der Waals surface area (Å²) in [5.41, 5.74) is 20.3. The van der Waals surface area contributed by atoms with Crippen LogP contribution in [0.1, 0.15) is 256 Å². The number of hydrogen-bond donors (Lipinski definition) is 0. The van der Waals surface area contributed by atoms with E-state index in [0.717, 1.165) is 106 Å². The second kappa shape index (κ2) is 30.5. The van der Waals surface area contributed by atoms with E-state index in [9.17, 15) is 19.2 Å². The summed E-state index contributed by atoms with van der Waals surface area (Å²) in [7, 11) is 0. The summed E-state index contributed by atoms with van der Waals surface area (Å²) < 4.78 is 144. The van der Waals surface area contributed by atoms with Gasteiger partial charge >= 0.3 is 0 Å². The molecule has 5 heteroatoms. The predicted octanol–water partition coefficient (Wildman–Crippen LogP) is 31.8. The molecule has 0 bridgehead atoms. The summed E-state index contributed by atoms with van der Waals surface area (Å²) >= 11 is 0. The summed E-state index contributed by atoms with van der Waals surface area (Å²) in [5.74, 6) is 0. The molecule has 0 N–H and O–H groups in total. The van der Waals surface area contributed by atoms with Gasteiger partial charge in [0.1, 0.15) is 0 Å². The van der Waals surface area contributed by atoms with Crippen LogP contribution in [0.3, 0.4) is 0 Å². The Hall–Kier alpha value is -10.9. The Kier molecular flexibility index (Phi) is 17.1. The molecule has 0 radical (unpaired) electrons. The molecule has 2 aliphatic heterocycles. The van der Waals surface area contributed by atoms with Gasteiger partial charge in [0.15, 0.2) is 0 Å². The lowest BCUT2D eigenvalue weighted by Crippen LogP contribution is -2.61. The van der Waals surface area contributed by atoms with Crippen molar-refractivity contribution in [3.63, 3.8) is 0 Å². The molecule has 0 saturated carbocycles. The second-order valence-electron chi connectivity index (χ2n) is 45.1. The van der Waals surface area contributed by atoms with Crippen molar-refractivity contribution in [2.75, 3.05) is 9.80 Å². The Labute approximate surface area is 763 Å². The van der Waals surface area contributed by atoms with Gasteiger partial charge < -0.3 is 18.9 Å². The van der Waals surface area contributed by atoms with Crippen molar-refractivity contribution in [3.05, 3.63) is 305 Å². The molecule has 0 atom stereocenters. The third-order valence-corrected chi connectivity index (χ3v) is 24.4. The summed E-state index contributed by atoms with van der Waals surface area (Å²) in [6, 6.07) is 70.2. The van der Waals surface area contributed by atoms with Crippen LogP contribution in [0, 0.1) is 27.1 Å². The van der Waals surface area contributed by atoms with Gasteiger partial charge in [0.2, 0.25) is 0 Å². The largest absolute Gasteiger partial charge is 0.311 e. The molecule has 4 nitrogen and oxygen atoms in total. The molecule has 0 aliphatic carbocycles. The summed E-state index contributed by atoms with van der Waals surface area (Å²) in [4.78, 5) is 4.77. The van der Waals surface area contributed by atoms with E-state index >= 15 is 0 Å². The molecule has 2 aromatic heterocycles. The number of anilines is 6. The van der Waals surface area contributed by atoms with Crippen LogP contribution in [0.25, 0.3) is 99.5 Å². The van der Waals surface area contributed by atoms with Crippen LogP contribution in [0.2, 0.25) is 0 Å². The van der Waals surface area contributed by atoms with Crippen LogP contribution in [-0.4, -0.2) is 15.8 Å². The minimum atomic E-state index is -2.14. The van der Waals surface area contributed by atoms with Crippen molar-refractivity contribution in [2.24, 2.45) is 27.1 Å². The van der Waals surface area contributed by atoms with E-state index in [4.69, 9.17) is 0 Å². The Morgan fingerprint density at radius 3 is 0.935 bits per heavy atom. The second-order valence-corrected chi connectivity index (χ2v) is 45.1. The molecule has 15 aromatic rings. The maximum Gasteiger partial charge on any atom is 0.252 e. The van der Waals surface area contributed by atoms with E-state index in [1.165, 1.54) is 0 Å². The minimum Gasteiger partial charge on any atom is -0.311 e. The van der Waals surface area contributed by atoms with Gasteiger partial charge in [-0.1, -0.05) is 345 Å². The Balaban J connectivity index is 1.13. The fourth-order valence-corrected chi connectivity index (χ4v) is 19.0. The molecular weight excluding hydrogens is 1500 g/mol. The highest BCUT2D eigenvalue weighted by Crippen LogP contribution is 2.55. The van der Waals surface area contributed by atoms with Gasteiger partial charge in [-0.2, -0.15) is 0 Å². The SMILES string of the molecule is [2H]c1c([2H])c([2H])c2c(c1[2H])c1cc(C([2H])([2H])C(C)(C)C)ccc1n2-c1ccc2c(c1)N(c1cc(-c3cccc(C(C)(C)C)c3)c(CC(C)(C)C)cc1-c1cccc(C(C)(C)C)c1)c1cc(C([2H])([2H])C(C)(C)C)cc3c1B2c1ccc(-n2c4ccc(C([2H])([2H])C(C)(C)C)cc4c4c([2H])c([2H])c([2H])c([2H])c42)cc1N3c1cc(-c2cccc(C(C)(C)C)c2)c(CC(C)(C)C)cc1-c1cccc(C(C)(C)C)c1.